The number of aliphatic carboxylic acids is 1. The molecule has 2 aromatic carbocycles. The number of carboxylic acid groups (broad SMARTS) is 1. The number of anilines is 1. The Bertz CT molecular complexity index is 1030. The number of fused-ring (bicyclic) bond motifs is 1. The van der Waals surface area contributed by atoms with E-state index in [4.69, 9.17) is 0 Å². The Kier molecular flexibility index (Phi) is 5.39. The fourth-order valence-electron chi connectivity index (χ4n) is 4.98. The van der Waals surface area contributed by atoms with Crippen LogP contribution >= 0.6 is 0 Å². The molecule has 4 rings (SSSR count). The van der Waals surface area contributed by atoms with Crippen molar-refractivity contribution in [3.05, 3.63) is 71.8 Å². The van der Waals surface area contributed by atoms with E-state index in [1.54, 1.807) is 25.1 Å². The molecule has 1 aliphatic heterocycles. The van der Waals surface area contributed by atoms with Crippen molar-refractivity contribution in [2.45, 2.75) is 38.3 Å². The van der Waals surface area contributed by atoms with Gasteiger partial charge in [-0.3, -0.25) is 4.79 Å². The van der Waals surface area contributed by atoms with Crippen molar-refractivity contribution in [3.8, 4) is 0 Å². The highest BCUT2D eigenvalue weighted by atomic mass is 16.4. The number of likely N-dealkylation sites (tertiary alicyclic amines) is 1. The lowest BCUT2D eigenvalue weighted by Gasteiger charge is -2.37. The number of nitrogens with zero attached hydrogens (tertiary/aromatic N) is 1. The number of carbonyl (C=O) groups is 3. The summed E-state index contributed by atoms with van der Waals surface area (Å²) in [5.74, 6) is -2.02. The van der Waals surface area contributed by atoms with E-state index in [-0.39, 0.29) is 5.78 Å². The van der Waals surface area contributed by atoms with Crippen LogP contribution in [0.1, 0.15) is 30.9 Å². The lowest BCUT2D eigenvalue weighted by Crippen LogP contribution is -2.57. The van der Waals surface area contributed by atoms with Crippen molar-refractivity contribution < 1.29 is 19.5 Å². The molecule has 2 N–H and O–H groups in total. The van der Waals surface area contributed by atoms with Gasteiger partial charge in [0.1, 0.15) is 11.3 Å². The molecule has 4 unspecified atom stereocenters. The number of amides is 2. The summed E-state index contributed by atoms with van der Waals surface area (Å²) in [7, 11) is 0. The van der Waals surface area contributed by atoms with E-state index < -0.39 is 35.4 Å². The van der Waals surface area contributed by atoms with E-state index >= 15 is 0 Å². The lowest BCUT2D eigenvalue weighted by molar-refractivity contribution is -0.149. The van der Waals surface area contributed by atoms with Crippen LogP contribution in [0, 0.1) is 18.8 Å². The summed E-state index contributed by atoms with van der Waals surface area (Å²) in [6.07, 6.45) is 4.48. The van der Waals surface area contributed by atoms with Gasteiger partial charge in [-0.25, -0.2) is 9.59 Å². The molecule has 2 amide bonds. The molecule has 1 aliphatic carbocycles. The standard InChI is InChI=1S/C25H26N2O4/c1-16-8-11-18(12-9-16)26-24(31)27-20(14-10-17-6-4-3-5-7-17)22-19(13-15-21(22)28)25(27,2)23(29)30/h3-12,14,19-20,22H,13,15H2,1-2H3,(H,26,31)(H,29,30). The molecule has 0 spiro atoms. The zero-order valence-corrected chi connectivity index (χ0v) is 17.6. The zero-order valence-electron chi connectivity index (χ0n) is 17.6. The molecule has 0 aromatic heterocycles. The Morgan fingerprint density at radius 1 is 1.13 bits per heavy atom. The summed E-state index contributed by atoms with van der Waals surface area (Å²) in [6.45, 7) is 3.52. The minimum Gasteiger partial charge on any atom is -0.479 e. The van der Waals surface area contributed by atoms with Gasteiger partial charge in [0.2, 0.25) is 0 Å². The van der Waals surface area contributed by atoms with Crippen LogP contribution in [-0.2, 0) is 9.59 Å². The van der Waals surface area contributed by atoms with Gasteiger partial charge in [0.05, 0.1) is 6.04 Å². The second-order valence-corrected chi connectivity index (χ2v) is 8.52. The first-order valence-corrected chi connectivity index (χ1v) is 10.5. The van der Waals surface area contributed by atoms with Crippen LogP contribution in [0.2, 0.25) is 0 Å². The second kappa shape index (κ2) is 8.02. The first-order chi connectivity index (χ1) is 14.8. The quantitative estimate of drug-likeness (QED) is 0.772. The van der Waals surface area contributed by atoms with Gasteiger partial charge in [-0.15, -0.1) is 0 Å². The van der Waals surface area contributed by atoms with Crippen LogP contribution in [0.4, 0.5) is 10.5 Å². The summed E-state index contributed by atoms with van der Waals surface area (Å²) in [6, 6.07) is 15.7. The molecule has 1 saturated heterocycles. The molecule has 6 nitrogen and oxygen atoms in total. The summed E-state index contributed by atoms with van der Waals surface area (Å²) in [5, 5.41) is 13.0. The molecule has 0 bridgehead atoms. The van der Waals surface area contributed by atoms with E-state index in [1.807, 2.05) is 55.5 Å². The van der Waals surface area contributed by atoms with Gasteiger partial charge >= 0.3 is 12.0 Å². The predicted molar refractivity (Wildman–Crippen MR) is 119 cm³/mol. The monoisotopic (exact) mass is 418 g/mol. The number of Topliss-reactive ketones (excluding diaryl/α,β-unsaturated/α-hetero) is 1. The maximum atomic E-state index is 13.4. The van der Waals surface area contributed by atoms with E-state index in [1.165, 1.54) is 4.90 Å². The van der Waals surface area contributed by atoms with Crippen LogP contribution in [0.5, 0.6) is 0 Å². The Morgan fingerprint density at radius 3 is 2.45 bits per heavy atom. The number of carbonyl (C=O) groups excluding carboxylic acids is 2. The van der Waals surface area contributed by atoms with Crippen LogP contribution in [0.25, 0.3) is 6.08 Å². The highest BCUT2D eigenvalue weighted by Gasteiger charge is 2.65. The largest absolute Gasteiger partial charge is 0.479 e. The van der Waals surface area contributed by atoms with E-state index in [0.717, 1.165) is 11.1 Å². The molecule has 31 heavy (non-hydrogen) atoms. The maximum Gasteiger partial charge on any atom is 0.329 e. The van der Waals surface area contributed by atoms with Gasteiger partial charge < -0.3 is 15.3 Å². The second-order valence-electron chi connectivity index (χ2n) is 8.52. The normalized spacial score (nSPS) is 27.5. The van der Waals surface area contributed by atoms with Crippen LogP contribution in [0.3, 0.4) is 0 Å². The molecule has 2 fully saturated rings. The Labute approximate surface area is 181 Å². The Balaban J connectivity index is 1.73. The topological polar surface area (TPSA) is 86.7 Å². The summed E-state index contributed by atoms with van der Waals surface area (Å²) >= 11 is 0. The molecule has 2 aromatic rings. The van der Waals surface area contributed by atoms with E-state index in [0.29, 0.717) is 18.5 Å². The van der Waals surface area contributed by atoms with Crippen molar-refractivity contribution in [3.63, 3.8) is 0 Å². The zero-order chi connectivity index (χ0) is 22.2. The van der Waals surface area contributed by atoms with Gasteiger partial charge in [-0.05, 0) is 38.0 Å². The SMILES string of the molecule is Cc1ccc(NC(=O)N2C(C=Cc3ccccc3)C3C(=O)CCC3C2(C)C(=O)O)cc1. The molecule has 1 heterocycles. The van der Waals surface area contributed by atoms with Crippen molar-refractivity contribution in [2.24, 2.45) is 11.8 Å². The molecule has 4 atom stereocenters. The fraction of sp³-hybridized carbons (Fsp3) is 0.320. The van der Waals surface area contributed by atoms with Crippen LogP contribution < -0.4 is 5.32 Å². The maximum absolute atomic E-state index is 13.4. The smallest absolute Gasteiger partial charge is 0.329 e. The lowest BCUT2D eigenvalue weighted by atomic mass is 9.81. The molecular formula is C25H26N2O4. The average Bonchev–Trinajstić information content (AvgIpc) is 3.26. The molecule has 6 heteroatoms. The predicted octanol–water partition coefficient (Wildman–Crippen LogP) is 4.36. The number of rotatable bonds is 4. The molecule has 160 valence electrons. The van der Waals surface area contributed by atoms with E-state index in [2.05, 4.69) is 5.32 Å². The summed E-state index contributed by atoms with van der Waals surface area (Å²) in [4.78, 5) is 40.0. The van der Waals surface area contributed by atoms with E-state index in [9.17, 15) is 19.5 Å². The number of ketones is 1. The molecule has 0 radical (unpaired) electrons. The Morgan fingerprint density at radius 2 is 1.81 bits per heavy atom. The average molecular weight is 418 g/mol. The third kappa shape index (κ3) is 3.63. The van der Waals surface area contributed by atoms with Crippen molar-refractivity contribution in [2.75, 3.05) is 5.32 Å². The number of aryl methyl sites for hydroxylation is 1. The minimum absolute atomic E-state index is 0.0193. The third-order valence-corrected chi connectivity index (χ3v) is 6.64. The number of carboxylic acids is 1. The number of nitrogens with one attached hydrogen (secondary N) is 1. The summed E-state index contributed by atoms with van der Waals surface area (Å²) < 4.78 is 0. The van der Waals surface area contributed by atoms with Crippen molar-refractivity contribution in [1.29, 1.82) is 0 Å². The Hall–Kier alpha value is -3.41. The van der Waals surface area contributed by atoms with Crippen molar-refractivity contribution in [1.82, 2.24) is 4.90 Å². The van der Waals surface area contributed by atoms with Gasteiger partial charge in [0.15, 0.2) is 0 Å². The molecule has 1 saturated carbocycles. The molecular weight excluding hydrogens is 392 g/mol. The number of hydrogen-bond acceptors (Lipinski definition) is 3. The molecule has 2 aliphatic rings. The van der Waals surface area contributed by atoms with Crippen LogP contribution in [-0.4, -0.2) is 39.4 Å². The highest BCUT2D eigenvalue weighted by molar-refractivity contribution is 5.98. The first kappa shape index (κ1) is 20.8. The van der Waals surface area contributed by atoms with Crippen molar-refractivity contribution >= 4 is 29.5 Å². The van der Waals surface area contributed by atoms with Crippen LogP contribution in [0.15, 0.2) is 60.7 Å². The van der Waals surface area contributed by atoms with Gasteiger partial charge in [-0.1, -0.05) is 60.2 Å². The van der Waals surface area contributed by atoms with Gasteiger partial charge in [0.25, 0.3) is 0 Å². The first-order valence-electron chi connectivity index (χ1n) is 10.5. The highest BCUT2D eigenvalue weighted by Crippen LogP contribution is 2.51. The number of hydrogen-bond donors (Lipinski definition) is 2. The fourth-order valence-corrected chi connectivity index (χ4v) is 4.98. The number of benzene rings is 2. The summed E-state index contributed by atoms with van der Waals surface area (Å²) in [5.41, 5.74) is 1.08. The number of urea groups is 1. The third-order valence-electron chi connectivity index (χ3n) is 6.64. The minimum atomic E-state index is -1.47. The van der Waals surface area contributed by atoms with Gasteiger partial charge in [0, 0.05) is 23.9 Å². The van der Waals surface area contributed by atoms with Gasteiger partial charge in [-0.2, -0.15) is 0 Å².